The van der Waals surface area contributed by atoms with Crippen molar-refractivity contribution in [2.24, 2.45) is 17.6 Å². The van der Waals surface area contributed by atoms with Crippen LogP contribution in [-0.4, -0.2) is 75.3 Å². The van der Waals surface area contributed by atoms with E-state index >= 15 is 0 Å². The van der Waals surface area contributed by atoms with Crippen LogP contribution in [0.2, 0.25) is 0 Å². The number of rotatable bonds is 12. The van der Waals surface area contributed by atoms with Crippen molar-refractivity contribution >= 4 is 29.7 Å². The highest BCUT2D eigenvalue weighted by Gasteiger charge is 2.34. The van der Waals surface area contributed by atoms with Gasteiger partial charge in [0.15, 0.2) is 0 Å². The number of carboxylic acids is 2. The maximum absolute atomic E-state index is 12.6. The van der Waals surface area contributed by atoms with Crippen LogP contribution in [0.4, 0.5) is 0 Å². The zero-order valence-electron chi connectivity index (χ0n) is 17.7. The lowest BCUT2D eigenvalue weighted by atomic mass is 9.99. The zero-order chi connectivity index (χ0) is 23.8. The summed E-state index contributed by atoms with van der Waals surface area (Å²) < 4.78 is 0. The number of amides is 3. The Morgan fingerprint density at radius 3 is 1.50 bits per heavy atom. The zero-order valence-corrected chi connectivity index (χ0v) is 17.7. The number of hydrogen-bond donors (Lipinski definition) is 7. The second-order valence-electron chi connectivity index (χ2n) is 7.73. The molecule has 3 amide bonds. The lowest BCUT2D eigenvalue weighted by Gasteiger charge is -2.28. The highest BCUT2D eigenvalue weighted by Crippen LogP contribution is 2.08. The Bertz CT molecular complexity index is 650. The van der Waals surface area contributed by atoms with E-state index < -0.39 is 78.2 Å². The third kappa shape index (κ3) is 8.74. The number of nitrogens with one attached hydrogen (secondary N) is 3. The highest BCUT2D eigenvalue weighted by atomic mass is 16.4. The molecule has 0 rings (SSSR count). The summed E-state index contributed by atoms with van der Waals surface area (Å²) in [6.45, 7) is 7.68. The van der Waals surface area contributed by atoms with Crippen molar-refractivity contribution in [1.82, 2.24) is 16.0 Å². The molecule has 0 aliphatic heterocycles. The molecule has 172 valence electrons. The molecular formula is C18H32N4O8. The van der Waals surface area contributed by atoms with Gasteiger partial charge in [0.1, 0.15) is 18.1 Å². The van der Waals surface area contributed by atoms with E-state index in [-0.39, 0.29) is 0 Å². The molecule has 0 radical (unpaired) electrons. The number of carbonyl (C=O) groups excluding carboxylic acids is 3. The minimum absolute atomic E-state index is 0.407. The van der Waals surface area contributed by atoms with Gasteiger partial charge in [-0.1, -0.05) is 27.7 Å². The van der Waals surface area contributed by atoms with Crippen molar-refractivity contribution < 1.29 is 39.3 Å². The molecule has 0 aliphatic carbocycles. The van der Waals surface area contributed by atoms with Gasteiger partial charge in [0.25, 0.3) is 0 Å². The lowest BCUT2D eigenvalue weighted by Crippen LogP contribution is -2.61. The molecule has 5 atom stereocenters. The molecule has 0 fully saturated rings. The maximum atomic E-state index is 12.6. The molecular weight excluding hydrogens is 400 g/mol. The number of hydrogen-bond acceptors (Lipinski definition) is 7. The van der Waals surface area contributed by atoms with Gasteiger partial charge in [0, 0.05) is 0 Å². The maximum Gasteiger partial charge on any atom is 0.326 e. The lowest BCUT2D eigenvalue weighted by molar-refractivity contribution is -0.144. The summed E-state index contributed by atoms with van der Waals surface area (Å²) in [5.41, 5.74) is 5.45. The van der Waals surface area contributed by atoms with Crippen LogP contribution in [0.25, 0.3) is 0 Å². The van der Waals surface area contributed by atoms with Crippen LogP contribution in [0, 0.1) is 11.8 Å². The first kappa shape index (κ1) is 27.3. The van der Waals surface area contributed by atoms with E-state index in [1.54, 1.807) is 27.7 Å². The van der Waals surface area contributed by atoms with Crippen molar-refractivity contribution in [2.45, 2.75) is 71.3 Å². The molecule has 0 bridgehead atoms. The summed E-state index contributed by atoms with van der Waals surface area (Å²) in [6.07, 6.45) is -2.06. The Morgan fingerprint density at radius 1 is 0.733 bits per heavy atom. The van der Waals surface area contributed by atoms with Gasteiger partial charge < -0.3 is 37.0 Å². The Labute approximate surface area is 174 Å². The molecule has 0 heterocycles. The van der Waals surface area contributed by atoms with E-state index in [1.807, 2.05) is 0 Å². The number of nitrogens with two attached hydrogens (primary N) is 1. The van der Waals surface area contributed by atoms with Gasteiger partial charge >= 0.3 is 11.9 Å². The molecule has 8 N–H and O–H groups in total. The summed E-state index contributed by atoms with van der Waals surface area (Å²) >= 11 is 0. The largest absolute Gasteiger partial charge is 0.481 e. The van der Waals surface area contributed by atoms with E-state index in [1.165, 1.54) is 6.92 Å². The Hall–Kier alpha value is -2.73. The first-order valence-electron chi connectivity index (χ1n) is 9.48. The van der Waals surface area contributed by atoms with Crippen LogP contribution in [0.3, 0.4) is 0 Å². The molecule has 12 nitrogen and oxygen atoms in total. The average Bonchev–Trinajstić information content (AvgIpc) is 2.59. The molecule has 0 aromatic carbocycles. The van der Waals surface area contributed by atoms with E-state index in [0.717, 1.165) is 0 Å². The number of aliphatic hydroxyl groups is 1. The standard InChI is InChI=1S/C18H32N4O8/c1-7(2)12(16(27)21-13(8(3)4)18(29)30)20-17(28)14(9(5)23)22-15(26)10(19)6-11(24)25/h7-10,12-14,23H,6,19H2,1-5H3,(H,20,28)(H,21,27)(H,22,26)(H,24,25)(H,29,30). The molecule has 5 unspecified atom stereocenters. The normalized spacial score (nSPS) is 16.2. The SMILES string of the molecule is CC(C)C(NC(=O)C(NC(=O)C(NC(=O)C(N)CC(=O)O)C(C)O)C(C)C)C(=O)O. The quantitative estimate of drug-likeness (QED) is 0.182. The molecule has 0 spiro atoms. The van der Waals surface area contributed by atoms with Gasteiger partial charge in [-0.15, -0.1) is 0 Å². The van der Waals surface area contributed by atoms with E-state index in [0.29, 0.717) is 0 Å². The smallest absolute Gasteiger partial charge is 0.326 e. The molecule has 0 aliphatic rings. The van der Waals surface area contributed by atoms with Crippen molar-refractivity contribution in [2.75, 3.05) is 0 Å². The van der Waals surface area contributed by atoms with Gasteiger partial charge in [-0.05, 0) is 18.8 Å². The van der Waals surface area contributed by atoms with Crippen LogP contribution in [-0.2, 0) is 24.0 Å². The first-order chi connectivity index (χ1) is 13.7. The van der Waals surface area contributed by atoms with Crippen molar-refractivity contribution in [3.63, 3.8) is 0 Å². The second-order valence-corrected chi connectivity index (χ2v) is 7.73. The number of carbonyl (C=O) groups is 5. The molecule has 0 aromatic heterocycles. The van der Waals surface area contributed by atoms with Crippen molar-refractivity contribution in [3.8, 4) is 0 Å². The molecule has 0 aromatic rings. The van der Waals surface area contributed by atoms with Gasteiger partial charge in [-0.2, -0.15) is 0 Å². The van der Waals surface area contributed by atoms with E-state index in [2.05, 4.69) is 16.0 Å². The summed E-state index contributed by atoms with van der Waals surface area (Å²) in [5.74, 6) is -6.01. The monoisotopic (exact) mass is 432 g/mol. The third-order valence-electron chi connectivity index (χ3n) is 4.27. The Balaban J connectivity index is 5.36. The van der Waals surface area contributed by atoms with Gasteiger partial charge in [-0.25, -0.2) is 4.79 Å². The molecule has 0 saturated heterocycles. The fourth-order valence-electron chi connectivity index (χ4n) is 2.48. The molecule has 0 saturated carbocycles. The van der Waals surface area contributed by atoms with E-state index in [9.17, 15) is 34.2 Å². The summed E-state index contributed by atoms with van der Waals surface area (Å²) in [6, 6.07) is -5.27. The third-order valence-corrected chi connectivity index (χ3v) is 4.27. The summed E-state index contributed by atoms with van der Waals surface area (Å²) in [5, 5.41) is 34.7. The van der Waals surface area contributed by atoms with Gasteiger partial charge in [0.2, 0.25) is 17.7 Å². The first-order valence-corrected chi connectivity index (χ1v) is 9.48. The van der Waals surface area contributed by atoms with Crippen LogP contribution in [0.15, 0.2) is 0 Å². The van der Waals surface area contributed by atoms with Gasteiger partial charge in [-0.3, -0.25) is 19.2 Å². The Morgan fingerprint density at radius 2 is 1.13 bits per heavy atom. The topological polar surface area (TPSA) is 208 Å². The van der Waals surface area contributed by atoms with Crippen molar-refractivity contribution in [1.29, 1.82) is 0 Å². The number of aliphatic hydroxyl groups excluding tert-OH is 1. The van der Waals surface area contributed by atoms with Crippen LogP contribution >= 0.6 is 0 Å². The number of carboxylic acid groups (broad SMARTS) is 2. The Kier molecular flexibility index (Phi) is 11.0. The van der Waals surface area contributed by atoms with Gasteiger partial charge in [0.05, 0.1) is 18.6 Å². The van der Waals surface area contributed by atoms with E-state index in [4.69, 9.17) is 10.8 Å². The molecule has 12 heteroatoms. The minimum Gasteiger partial charge on any atom is -0.481 e. The van der Waals surface area contributed by atoms with Crippen LogP contribution < -0.4 is 21.7 Å². The second kappa shape index (κ2) is 12.1. The number of aliphatic carboxylic acids is 2. The summed E-state index contributed by atoms with van der Waals surface area (Å²) in [4.78, 5) is 59.2. The predicted octanol–water partition coefficient (Wildman–Crippen LogP) is -1.98. The fraction of sp³-hybridized carbons (Fsp3) is 0.722. The fourth-order valence-corrected chi connectivity index (χ4v) is 2.48. The summed E-state index contributed by atoms with van der Waals surface area (Å²) in [7, 11) is 0. The predicted molar refractivity (Wildman–Crippen MR) is 105 cm³/mol. The minimum atomic E-state index is -1.51. The molecule has 30 heavy (non-hydrogen) atoms. The van der Waals surface area contributed by atoms with Crippen LogP contribution in [0.1, 0.15) is 41.0 Å². The average molecular weight is 432 g/mol. The van der Waals surface area contributed by atoms with Crippen LogP contribution in [0.5, 0.6) is 0 Å². The van der Waals surface area contributed by atoms with Crippen molar-refractivity contribution in [3.05, 3.63) is 0 Å². The highest BCUT2D eigenvalue weighted by molar-refractivity contribution is 5.95.